The number of carbonyl (C=O) groups excluding carboxylic acids is 4. The van der Waals surface area contributed by atoms with Crippen LogP contribution in [0.5, 0.6) is 0 Å². The molecule has 0 aliphatic carbocycles. The van der Waals surface area contributed by atoms with Gasteiger partial charge in [-0.15, -0.1) is 0 Å². The molecule has 0 saturated carbocycles. The molecule has 4 N–H and O–H groups in total. The van der Waals surface area contributed by atoms with Crippen LogP contribution in [0.3, 0.4) is 0 Å². The molecule has 0 fully saturated rings. The predicted molar refractivity (Wildman–Crippen MR) is 350 cm³/mol. The van der Waals surface area contributed by atoms with Crippen LogP contribution in [-0.2, 0) is 19.2 Å². The molecule has 0 aromatic rings. The number of hydrogen-bond donors (Lipinski definition) is 4. The molecular weight excluding hydrogens is 1260 g/mol. The van der Waals surface area contributed by atoms with Crippen molar-refractivity contribution in [2.75, 3.05) is 0 Å². The summed E-state index contributed by atoms with van der Waals surface area (Å²) in [6.07, 6.45) is 63.7. The van der Waals surface area contributed by atoms with Gasteiger partial charge < -0.3 is 60.0 Å². The quantitative estimate of drug-likeness (QED) is 0.0328. The van der Waals surface area contributed by atoms with Crippen LogP contribution in [0.4, 0.5) is 0 Å². The zero-order valence-corrected chi connectivity index (χ0v) is 60.2. The van der Waals surface area contributed by atoms with Crippen molar-refractivity contribution in [3.63, 3.8) is 0 Å². The van der Waals surface area contributed by atoms with Crippen LogP contribution in [0.25, 0.3) is 0 Å². The van der Waals surface area contributed by atoms with Crippen molar-refractivity contribution in [1.29, 1.82) is 0 Å². The van der Waals surface area contributed by atoms with E-state index in [4.69, 9.17) is 0 Å². The Bertz CT molecular complexity index is 1110. The SMILES string of the molecule is CCCCCCC(O)CCCCCCCCCCC(=O)[O-].CCCCCCC(O)CCCCCCCCCCC(=O)[O-].CCCCCCC(O)CCCCCCCCCCC(=O)[O-].CCCCCCC(O)CCCCCCCCCCC(=O)[O-].[Pb]. The number of carbonyl (C=O) groups is 4. The normalized spacial score (nSPS) is 12.3. The minimum Gasteiger partial charge on any atom is -0.550 e. The smallest absolute Gasteiger partial charge is 0.0540 e. The summed E-state index contributed by atoms with van der Waals surface area (Å²) in [5.41, 5.74) is 0. The van der Waals surface area contributed by atoms with Gasteiger partial charge in [0.25, 0.3) is 0 Å². The average Bonchev–Trinajstić information content (AvgIpc) is 3.45. The van der Waals surface area contributed by atoms with E-state index in [0.29, 0.717) is 0 Å². The number of aliphatic hydroxyl groups excluding tert-OH is 4. The van der Waals surface area contributed by atoms with Crippen molar-refractivity contribution in [1.82, 2.24) is 0 Å². The number of aliphatic hydroxyl groups is 4. The van der Waals surface area contributed by atoms with Crippen molar-refractivity contribution in [3.8, 4) is 0 Å². The molecule has 0 aromatic carbocycles. The average molecular weight is 1410 g/mol. The van der Waals surface area contributed by atoms with Crippen molar-refractivity contribution in [2.45, 2.75) is 437 Å². The standard InChI is InChI=1S/4C18H36O3.Pb/c4*1-2-3-4-11-14-17(19)15-12-9-7-5-6-8-10-13-16-18(20)21;/h4*17,19H,2-16H2,1H3,(H,20,21);/p-4. The Labute approximate surface area is 545 Å². The van der Waals surface area contributed by atoms with Crippen LogP contribution < -0.4 is 20.4 Å². The largest absolute Gasteiger partial charge is 0.550 e. The van der Waals surface area contributed by atoms with Gasteiger partial charge in [-0.1, -0.05) is 310 Å². The molecule has 508 valence electrons. The summed E-state index contributed by atoms with van der Waals surface area (Å²) in [5.74, 6) is -3.71. The van der Waals surface area contributed by atoms with Crippen LogP contribution >= 0.6 is 0 Å². The summed E-state index contributed by atoms with van der Waals surface area (Å²) >= 11 is 0. The van der Waals surface area contributed by atoms with Crippen LogP contribution in [0.2, 0.25) is 0 Å². The number of hydrogen-bond acceptors (Lipinski definition) is 12. The second-order valence-corrected chi connectivity index (χ2v) is 25.0. The van der Waals surface area contributed by atoms with Gasteiger partial charge in [0.05, 0.1) is 24.4 Å². The summed E-state index contributed by atoms with van der Waals surface area (Å²) in [7, 11) is 0. The van der Waals surface area contributed by atoms with Crippen molar-refractivity contribution < 1.29 is 60.0 Å². The zero-order chi connectivity index (χ0) is 63.0. The topological polar surface area (TPSA) is 241 Å². The van der Waals surface area contributed by atoms with Gasteiger partial charge in [-0.25, -0.2) is 0 Å². The fourth-order valence-corrected chi connectivity index (χ4v) is 10.6. The number of aliphatic carboxylic acids is 4. The first-order valence-corrected chi connectivity index (χ1v) is 36.2. The van der Waals surface area contributed by atoms with Gasteiger partial charge in [0.2, 0.25) is 0 Å². The molecular formula is C72H140O12Pb-4. The van der Waals surface area contributed by atoms with E-state index in [2.05, 4.69) is 27.7 Å². The molecule has 0 bridgehead atoms. The van der Waals surface area contributed by atoms with E-state index in [1.165, 1.54) is 205 Å². The Morgan fingerprint density at radius 3 is 0.435 bits per heavy atom. The molecule has 4 atom stereocenters. The summed E-state index contributed by atoms with van der Waals surface area (Å²) < 4.78 is 0. The van der Waals surface area contributed by atoms with Gasteiger partial charge in [0, 0.05) is 51.2 Å². The first kappa shape index (κ1) is 92.4. The Morgan fingerprint density at radius 2 is 0.318 bits per heavy atom. The third-order valence-corrected chi connectivity index (χ3v) is 16.2. The fraction of sp³-hybridized carbons (Fsp3) is 0.944. The van der Waals surface area contributed by atoms with Gasteiger partial charge in [-0.05, 0) is 103 Å². The van der Waals surface area contributed by atoms with Crippen molar-refractivity contribution in [3.05, 3.63) is 0 Å². The minimum atomic E-state index is -0.928. The maximum absolute atomic E-state index is 10.2. The fourth-order valence-electron chi connectivity index (χ4n) is 10.6. The Balaban J connectivity index is -0.000000333. The molecule has 4 unspecified atom stereocenters. The third-order valence-electron chi connectivity index (χ3n) is 16.2. The molecule has 0 aliphatic rings. The molecule has 0 amide bonds. The molecule has 4 radical (unpaired) electrons. The van der Waals surface area contributed by atoms with Gasteiger partial charge in [0.15, 0.2) is 0 Å². The molecule has 0 rings (SSSR count). The molecule has 0 heterocycles. The maximum Gasteiger partial charge on any atom is 0.0540 e. The molecule has 0 saturated heterocycles. The monoisotopic (exact) mass is 1410 g/mol. The minimum absolute atomic E-state index is 0. The van der Waals surface area contributed by atoms with E-state index in [1.54, 1.807) is 0 Å². The summed E-state index contributed by atoms with van der Waals surface area (Å²) in [4.78, 5) is 40.9. The van der Waals surface area contributed by atoms with Gasteiger partial charge in [-0.2, -0.15) is 0 Å². The molecule has 12 nitrogen and oxygen atoms in total. The summed E-state index contributed by atoms with van der Waals surface area (Å²) in [5, 5.41) is 80.3. The number of unbranched alkanes of at least 4 members (excludes halogenated alkanes) is 40. The van der Waals surface area contributed by atoms with Crippen molar-refractivity contribution in [2.24, 2.45) is 0 Å². The van der Waals surface area contributed by atoms with Crippen LogP contribution in [0.1, 0.15) is 413 Å². The first-order chi connectivity index (χ1) is 40.7. The zero-order valence-electron chi connectivity index (χ0n) is 56.3. The number of rotatable bonds is 64. The second kappa shape index (κ2) is 80.7. The number of carboxylic acids is 4. The van der Waals surface area contributed by atoms with Gasteiger partial charge in [0.1, 0.15) is 0 Å². The van der Waals surface area contributed by atoms with Crippen molar-refractivity contribution >= 4 is 51.2 Å². The molecule has 0 aromatic heterocycles. The second-order valence-electron chi connectivity index (χ2n) is 25.0. The van der Waals surface area contributed by atoms with E-state index in [1.807, 2.05) is 0 Å². The van der Waals surface area contributed by atoms with Gasteiger partial charge in [-0.3, -0.25) is 0 Å². The van der Waals surface area contributed by atoms with E-state index in [9.17, 15) is 60.0 Å². The summed E-state index contributed by atoms with van der Waals surface area (Å²) in [6, 6.07) is 0. The first-order valence-electron chi connectivity index (χ1n) is 36.2. The van der Waals surface area contributed by atoms with E-state index in [-0.39, 0.29) is 77.4 Å². The summed E-state index contributed by atoms with van der Waals surface area (Å²) in [6.45, 7) is 8.83. The van der Waals surface area contributed by atoms with Crippen LogP contribution in [0, 0.1) is 0 Å². The maximum atomic E-state index is 10.2. The molecule has 0 spiro atoms. The van der Waals surface area contributed by atoms with Crippen LogP contribution in [-0.4, -0.2) is 96.0 Å². The van der Waals surface area contributed by atoms with E-state index in [0.717, 1.165) is 154 Å². The molecule has 85 heavy (non-hydrogen) atoms. The van der Waals surface area contributed by atoms with Crippen LogP contribution in [0.15, 0.2) is 0 Å². The van der Waals surface area contributed by atoms with E-state index < -0.39 is 23.9 Å². The van der Waals surface area contributed by atoms with Gasteiger partial charge >= 0.3 is 0 Å². The molecule has 0 aliphatic heterocycles. The third kappa shape index (κ3) is 96.5. The number of carboxylic acid groups (broad SMARTS) is 4. The predicted octanol–water partition coefficient (Wildman–Crippen LogP) is 15.5. The molecule has 13 heteroatoms. The Hall–Kier alpha value is -1.36. The Kier molecular flexibility index (Phi) is 87.6. The Morgan fingerprint density at radius 1 is 0.212 bits per heavy atom. The van der Waals surface area contributed by atoms with E-state index >= 15 is 0 Å².